The zero-order chi connectivity index (χ0) is 11.4. The number of nitrogens with one attached hydrogen (secondary N) is 1. The maximum absolute atomic E-state index is 11.3. The largest absolute Gasteiger partial charge is 0.465 e. The van der Waals surface area contributed by atoms with E-state index >= 15 is 0 Å². The standard InChI is InChI=1S/C13H17NO2.CH4/c1-16-13(15)12-4-2-10(3-5-12)11-6-8-14-9-7-11;/h2-5,11,14H,6-9H2,1H3;1H4. The van der Waals surface area contributed by atoms with E-state index in [1.807, 2.05) is 24.3 Å². The van der Waals surface area contributed by atoms with Gasteiger partial charge in [-0.1, -0.05) is 19.6 Å². The first-order chi connectivity index (χ1) is 7.81. The summed E-state index contributed by atoms with van der Waals surface area (Å²) >= 11 is 0. The van der Waals surface area contributed by atoms with Gasteiger partial charge in [0.15, 0.2) is 0 Å². The summed E-state index contributed by atoms with van der Waals surface area (Å²) in [7, 11) is 1.41. The van der Waals surface area contributed by atoms with Crippen LogP contribution in [-0.2, 0) is 4.74 Å². The lowest BCUT2D eigenvalue weighted by atomic mass is 9.90. The van der Waals surface area contributed by atoms with E-state index in [1.165, 1.54) is 25.5 Å². The molecular formula is C14H21NO2. The molecule has 0 bridgehead atoms. The predicted octanol–water partition coefficient (Wildman–Crippen LogP) is 2.58. The van der Waals surface area contributed by atoms with Crippen molar-refractivity contribution in [3.05, 3.63) is 35.4 Å². The third kappa shape index (κ3) is 3.30. The number of esters is 1. The van der Waals surface area contributed by atoms with Crippen LogP contribution in [0.25, 0.3) is 0 Å². The minimum atomic E-state index is -0.267. The van der Waals surface area contributed by atoms with Crippen LogP contribution in [0.3, 0.4) is 0 Å². The maximum Gasteiger partial charge on any atom is 0.337 e. The van der Waals surface area contributed by atoms with Crippen molar-refractivity contribution in [1.29, 1.82) is 0 Å². The lowest BCUT2D eigenvalue weighted by Crippen LogP contribution is -2.26. The van der Waals surface area contributed by atoms with Crippen LogP contribution in [0, 0.1) is 0 Å². The Hall–Kier alpha value is -1.35. The Morgan fingerprint density at radius 3 is 2.35 bits per heavy atom. The molecule has 2 rings (SSSR count). The molecule has 1 N–H and O–H groups in total. The summed E-state index contributed by atoms with van der Waals surface area (Å²) in [4.78, 5) is 11.3. The van der Waals surface area contributed by atoms with E-state index in [-0.39, 0.29) is 13.4 Å². The van der Waals surface area contributed by atoms with Gasteiger partial charge in [-0.15, -0.1) is 0 Å². The summed E-state index contributed by atoms with van der Waals surface area (Å²) in [5.41, 5.74) is 1.95. The number of benzene rings is 1. The second-order valence-corrected chi connectivity index (χ2v) is 4.14. The molecule has 0 unspecified atom stereocenters. The van der Waals surface area contributed by atoms with E-state index in [9.17, 15) is 4.79 Å². The van der Waals surface area contributed by atoms with Gasteiger partial charge in [-0.3, -0.25) is 0 Å². The molecule has 1 aromatic carbocycles. The molecule has 0 saturated carbocycles. The van der Waals surface area contributed by atoms with E-state index < -0.39 is 0 Å². The monoisotopic (exact) mass is 235 g/mol. The van der Waals surface area contributed by atoms with Gasteiger partial charge >= 0.3 is 5.97 Å². The van der Waals surface area contributed by atoms with Gasteiger partial charge in [-0.25, -0.2) is 4.79 Å². The summed E-state index contributed by atoms with van der Waals surface area (Å²) in [6.45, 7) is 2.17. The van der Waals surface area contributed by atoms with Crippen LogP contribution in [-0.4, -0.2) is 26.2 Å². The highest BCUT2D eigenvalue weighted by Crippen LogP contribution is 2.25. The molecule has 0 atom stereocenters. The van der Waals surface area contributed by atoms with Gasteiger partial charge in [0.2, 0.25) is 0 Å². The lowest BCUT2D eigenvalue weighted by molar-refractivity contribution is 0.0600. The minimum Gasteiger partial charge on any atom is -0.465 e. The summed E-state index contributed by atoms with van der Waals surface area (Å²) in [6.07, 6.45) is 2.36. The van der Waals surface area contributed by atoms with Crippen LogP contribution in [0.15, 0.2) is 24.3 Å². The number of carbonyl (C=O) groups is 1. The van der Waals surface area contributed by atoms with Crippen molar-refractivity contribution in [2.75, 3.05) is 20.2 Å². The molecule has 1 aromatic rings. The third-order valence-electron chi connectivity index (χ3n) is 3.14. The molecule has 0 aromatic heterocycles. The molecule has 1 heterocycles. The number of methoxy groups -OCH3 is 1. The predicted molar refractivity (Wildman–Crippen MR) is 69.4 cm³/mol. The lowest BCUT2D eigenvalue weighted by Gasteiger charge is -2.22. The molecule has 1 aliphatic heterocycles. The van der Waals surface area contributed by atoms with Crippen LogP contribution < -0.4 is 5.32 Å². The van der Waals surface area contributed by atoms with E-state index in [0.717, 1.165) is 13.1 Å². The van der Waals surface area contributed by atoms with Crippen molar-refractivity contribution in [3.63, 3.8) is 0 Å². The second-order valence-electron chi connectivity index (χ2n) is 4.14. The minimum absolute atomic E-state index is 0. The molecule has 0 aliphatic carbocycles. The first kappa shape index (κ1) is 13.7. The van der Waals surface area contributed by atoms with Gasteiger partial charge in [0.25, 0.3) is 0 Å². The number of ether oxygens (including phenoxy) is 1. The molecule has 0 radical (unpaired) electrons. The normalized spacial score (nSPS) is 16.1. The van der Waals surface area contributed by atoms with Gasteiger partial charge in [-0.05, 0) is 49.5 Å². The maximum atomic E-state index is 11.3. The van der Waals surface area contributed by atoms with Crippen molar-refractivity contribution >= 4 is 5.97 Å². The topological polar surface area (TPSA) is 38.3 Å². The van der Waals surface area contributed by atoms with Crippen molar-refractivity contribution in [1.82, 2.24) is 5.32 Å². The van der Waals surface area contributed by atoms with Gasteiger partial charge in [0.05, 0.1) is 12.7 Å². The number of hydrogen-bond donors (Lipinski definition) is 1. The van der Waals surface area contributed by atoms with Gasteiger partial charge < -0.3 is 10.1 Å². The van der Waals surface area contributed by atoms with E-state index in [2.05, 4.69) is 10.1 Å². The Morgan fingerprint density at radius 1 is 1.24 bits per heavy atom. The molecule has 94 valence electrons. The fraction of sp³-hybridized carbons (Fsp3) is 0.500. The van der Waals surface area contributed by atoms with E-state index in [0.29, 0.717) is 11.5 Å². The second kappa shape index (κ2) is 6.40. The number of rotatable bonds is 2. The Balaban J connectivity index is 0.00000144. The fourth-order valence-corrected chi connectivity index (χ4v) is 2.16. The Morgan fingerprint density at radius 2 is 1.82 bits per heavy atom. The van der Waals surface area contributed by atoms with E-state index in [4.69, 9.17) is 0 Å². The van der Waals surface area contributed by atoms with Crippen LogP contribution in [0.2, 0.25) is 0 Å². The SMILES string of the molecule is C.COC(=O)c1ccc(C2CCNCC2)cc1. The first-order valence-corrected chi connectivity index (χ1v) is 5.70. The summed E-state index contributed by atoms with van der Waals surface area (Å²) < 4.78 is 4.67. The molecular weight excluding hydrogens is 214 g/mol. The van der Waals surface area contributed by atoms with Crippen LogP contribution in [0.4, 0.5) is 0 Å². The highest BCUT2D eigenvalue weighted by molar-refractivity contribution is 5.89. The Bertz CT molecular complexity index is 353. The van der Waals surface area contributed by atoms with Crippen LogP contribution >= 0.6 is 0 Å². The summed E-state index contributed by atoms with van der Waals surface area (Å²) in [5, 5.41) is 3.35. The molecule has 1 aliphatic rings. The van der Waals surface area contributed by atoms with Gasteiger partial charge in [-0.2, -0.15) is 0 Å². The number of carbonyl (C=O) groups excluding carboxylic acids is 1. The van der Waals surface area contributed by atoms with Crippen molar-refractivity contribution in [2.24, 2.45) is 0 Å². The average Bonchev–Trinajstić information content (AvgIpc) is 2.39. The first-order valence-electron chi connectivity index (χ1n) is 5.70. The smallest absolute Gasteiger partial charge is 0.337 e. The van der Waals surface area contributed by atoms with Gasteiger partial charge in [0.1, 0.15) is 0 Å². The summed E-state index contributed by atoms with van der Waals surface area (Å²) in [5.74, 6) is 0.366. The highest BCUT2D eigenvalue weighted by atomic mass is 16.5. The molecule has 17 heavy (non-hydrogen) atoms. The zero-order valence-corrected chi connectivity index (χ0v) is 9.53. The molecule has 1 saturated heterocycles. The Kier molecular flexibility index (Phi) is 5.16. The highest BCUT2D eigenvalue weighted by Gasteiger charge is 2.15. The average molecular weight is 235 g/mol. The van der Waals surface area contributed by atoms with Crippen molar-refractivity contribution < 1.29 is 9.53 Å². The van der Waals surface area contributed by atoms with E-state index in [1.54, 1.807) is 0 Å². The van der Waals surface area contributed by atoms with Crippen molar-refractivity contribution in [2.45, 2.75) is 26.2 Å². The van der Waals surface area contributed by atoms with Crippen LogP contribution in [0.5, 0.6) is 0 Å². The molecule has 1 fully saturated rings. The van der Waals surface area contributed by atoms with Gasteiger partial charge in [0, 0.05) is 0 Å². The fourth-order valence-electron chi connectivity index (χ4n) is 2.16. The molecule has 0 spiro atoms. The zero-order valence-electron chi connectivity index (χ0n) is 9.53. The third-order valence-corrected chi connectivity index (χ3v) is 3.14. The quantitative estimate of drug-likeness (QED) is 0.801. The molecule has 3 nitrogen and oxygen atoms in total. The Labute approximate surface area is 103 Å². The summed E-state index contributed by atoms with van der Waals surface area (Å²) in [6, 6.07) is 7.79. The number of hydrogen-bond acceptors (Lipinski definition) is 3. The molecule has 3 heteroatoms. The molecule has 0 amide bonds. The number of piperidine rings is 1. The van der Waals surface area contributed by atoms with Crippen molar-refractivity contribution in [3.8, 4) is 0 Å². The van der Waals surface area contributed by atoms with Crippen LogP contribution in [0.1, 0.15) is 42.1 Å².